The van der Waals surface area contributed by atoms with Crippen LogP contribution in [0, 0.1) is 6.92 Å². The maximum absolute atomic E-state index is 12.7. The normalized spacial score (nSPS) is 11.8. The third-order valence-corrected chi connectivity index (χ3v) is 6.39. The van der Waals surface area contributed by atoms with Gasteiger partial charge in [-0.1, -0.05) is 35.3 Å². The van der Waals surface area contributed by atoms with Gasteiger partial charge in [-0.3, -0.25) is 4.55 Å². The van der Waals surface area contributed by atoms with Crippen LogP contribution in [0.2, 0.25) is 10.0 Å². The maximum Gasteiger partial charge on any atom is 1.00 e. The summed E-state index contributed by atoms with van der Waals surface area (Å²) in [6.07, 6.45) is 0. The third kappa shape index (κ3) is 6.78. The Balaban J connectivity index is 0.00000272. The van der Waals surface area contributed by atoms with E-state index >= 15 is 0 Å². The minimum absolute atomic E-state index is 0. The molecule has 17 heteroatoms. The molecule has 164 valence electrons. The number of hydrogen-bond donors (Lipinski definition) is 1. The number of hydrogen-bond acceptors (Lipinski definition) is 9. The number of halogens is 2. The Morgan fingerprint density at radius 2 is 1.61 bits per heavy atom. The molecule has 0 bridgehead atoms. The van der Waals surface area contributed by atoms with Crippen molar-refractivity contribution in [2.45, 2.75) is 16.7 Å². The van der Waals surface area contributed by atoms with Crippen molar-refractivity contribution in [2.75, 3.05) is 0 Å². The topological polar surface area (TPSA) is 177 Å². The van der Waals surface area contributed by atoms with Gasteiger partial charge in [0.25, 0.3) is 10.1 Å². The summed E-state index contributed by atoms with van der Waals surface area (Å²) in [6.45, 7) is 1.41. The van der Waals surface area contributed by atoms with Crippen LogP contribution < -0.4 is 64.2 Å². The van der Waals surface area contributed by atoms with E-state index in [4.69, 9.17) is 27.8 Å². The van der Waals surface area contributed by atoms with Gasteiger partial charge in [0, 0.05) is 5.88 Å². The summed E-state index contributed by atoms with van der Waals surface area (Å²) in [5.41, 5.74) is -0.592. The van der Waals surface area contributed by atoms with Crippen molar-refractivity contribution in [1.82, 2.24) is 9.78 Å². The second-order valence-electron chi connectivity index (χ2n) is 5.98. The standard InChI is InChI=1S/C16H12Cl2N4O7S2.2Na/c1-8-15(20-19-11-4-2-3-5-13(11)30(24,25)26)16(23)22(21-8)12-6-10(18)14(7-9(12)17)31(27,28)29;;/h2-7,23H,1H3,(H,24,25,26)(H,27,28,29);;/q;2*+1/p-2. The fraction of sp³-hybridized carbons (Fsp3) is 0.0625. The molecule has 1 N–H and O–H groups in total. The second kappa shape index (κ2) is 11.5. The second-order valence-corrected chi connectivity index (χ2v) is 9.53. The van der Waals surface area contributed by atoms with Crippen molar-refractivity contribution in [3.05, 3.63) is 52.1 Å². The van der Waals surface area contributed by atoms with Crippen molar-refractivity contribution in [2.24, 2.45) is 10.2 Å². The van der Waals surface area contributed by atoms with Crippen LogP contribution in [-0.2, 0) is 20.2 Å². The molecule has 0 aliphatic heterocycles. The van der Waals surface area contributed by atoms with E-state index in [0.29, 0.717) is 0 Å². The fourth-order valence-electron chi connectivity index (χ4n) is 2.51. The average Bonchev–Trinajstić information content (AvgIpc) is 2.94. The van der Waals surface area contributed by atoms with Gasteiger partial charge < -0.3 is 9.66 Å². The minimum Gasteiger partial charge on any atom is -0.857 e. The first kappa shape index (κ1) is 30.5. The third-order valence-electron chi connectivity index (χ3n) is 3.89. The van der Waals surface area contributed by atoms with Crippen LogP contribution in [0.5, 0.6) is 5.88 Å². The summed E-state index contributed by atoms with van der Waals surface area (Å²) < 4.78 is 66.6. The van der Waals surface area contributed by atoms with Crippen molar-refractivity contribution in [1.29, 1.82) is 0 Å². The molecule has 2 aromatic carbocycles. The first-order valence-electron chi connectivity index (χ1n) is 8.01. The van der Waals surface area contributed by atoms with E-state index < -0.39 is 40.9 Å². The average molecular weight is 551 g/mol. The number of aryl methyl sites for hydroxylation is 1. The summed E-state index contributed by atoms with van der Waals surface area (Å²) >= 11 is 11.9. The van der Waals surface area contributed by atoms with Gasteiger partial charge in [-0.25, -0.2) is 13.1 Å². The van der Waals surface area contributed by atoms with Crippen LogP contribution in [0.4, 0.5) is 11.4 Å². The quantitative estimate of drug-likeness (QED) is 0.200. The SMILES string of the molecule is Cc1nn(-c2cc(Cl)c(S(=O)(=O)O)cc2Cl)c([O-])c1N=Nc1ccccc1S(=O)(=O)[O-].[Na+].[Na+]. The fourth-order valence-corrected chi connectivity index (χ4v) is 4.45. The zero-order valence-corrected chi connectivity index (χ0v) is 24.4. The Morgan fingerprint density at radius 3 is 2.18 bits per heavy atom. The molecule has 0 saturated heterocycles. The van der Waals surface area contributed by atoms with E-state index in [1.165, 1.54) is 25.1 Å². The summed E-state index contributed by atoms with van der Waals surface area (Å²) in [5.74, 6) is -0.832. The molecule has 0 amide bonds. The molecule has 0 aliphatic carbocycles. The van der Waals surface area contributed by atoms with Crippen LogP contribution >= 0.6 is 23.2 Å². The first-order valence-corrected chi connectivity index (χ1v) is 11.6. The molecular weight excluding hydrogens is 541 g/mol. The van der Waals surface area contributed by atoms with Gasteiger partial charge in [0.2, 0.25) is 0 Å². The smallest absolute Gasteiger partial charge is 0.857 e. The molecule has 3 rings (SSSR count). The molecule has 1 heterocycles. The van der Waals surface area contributed by atoms with Crippen LogP contribution in [-0.4, -0.2) is 35.7 Å². The van der Waals surface area contributed by atoms with Crippen LogP contribution in [0.1, 0.15) is 5.69 Å². The zero-order chi connectivity index (χ0) is 23.1. The Morgan fingerprint density at radius 1 is 1.00 bits per heavy atom. The van der Waals surface area contributed by atoms with Gasteiger partial charge in [-0.15, -0.1) is 10.2 Å². The van der Waals surface area contributed by atoms with E-state index in [1.807, 2.05) is 0 Å². The maximum atomic E-state index is 12.7. The number of azo groups is 1. The van der Waals surface area contributed by atoms with Gasteiger partial charge in [-0.2, -0.15) is 13.5 Å². The Kier molecular flexibility index (Phi) is 10.6. The molecule has 0 aliphatic rings. The summed E-state index contributed by atoms with van der Waals surface area (Å²) in [6, 6.07) is 6.89. The molecule has 0 unspecified atom stereocenters. The molecule has 0 spiro atoms. The zero-order valence-electron chi connectivity index (χ0n) is 17.2. The van der Waals surface area contributed by atoms with Crippen molar-refractivity contribution in [3.8, 4) is 11.6 Å². The van der Waals surface area contributed by atoms with Crippen LogP contribution in [0.3, 0.4) is 0 Å². The molecule has 1 aromatic heterocycles. The molecule has 0 saturated carbocycles. The summed E-state index contributed by atoms with van der Waals surface area (Å²) in [7, 11) is -9.48. The number of aromatic nitrogens is 2. The number of benzene rings is 2. The monoisotopic (exact) mass is 550 g/mol. The van der Waals surface area contributed by atoms with Gasteiger partial charge in [0.15, 0.2) is 0 Å². The van der Waals surface area contributed by atoms with Crippen molar-refractivity contribution >= 4 is 54.8 Å². The van der Waals surface area contributed by atoms with Gasteiger partial charge in [-0.05, 0) is 31.2 Å². The number of nitrogens with zero attached hydrogens (tertiary/aromatic N) is 4. The van der Waals surface area contributed by atoms with Crippen LogP contribution in [0.25, 0.3) is 5.69 Å². The summed E-state index contributed by atoms with van der Waals surface area (Å²) in [4.78, 5) is -1.28. The Labute approximate surface area is 242 Å². The Bertz CT molecular complexity index is 1450. The predicted molar refractivity (Wildman–Crippen MR) is 106 cm³/mol. The molecular formula is C16H10Cl2N4Na2O7S2. The molecule has 0 radical (unpaired) electrons. The predicted octanol–water partition coefficient (Wildman–Crippen LogP) is -2.86. The molecule has 0 atom stereocenters. The van der Waals surface area contributed by atoms with Gasteiger partial charge in [0.05, 0.1) is 26.3 Å². The van der Waals surface area contributed by atoms with E-state index in [2.05, 4.69) is 15.3 Å². The number of rotatable bonds is 5. The van der Waals surface area contributed by atoms with E-state index in [0.717, 1.165) is 22.9 Å². The van der Waals surface area contributed by atoms with E-state index in [1.54, 1.807) is 0 Å². The first-order chi connectivity index (χ1) is 14.3. The molecule has 3 aromatic rings. The molecule has 33 heavy (non-hydrogen) atoms. The van der Waals surface area contributed by atoms with Gasteiger partial charge in [0.1, 0.15) is 26.4 Å². The van der Waals surface area contributed by atoms with E-state index in [9.17, 15) is 26.5 Å². The van der Waals surface area contributed by atoms with E-state index in [-0.39, 0.29) is 86.9 Å². The Hall–Kier alpha value is -0.550. The molecule has 0 fully saturated rings. The van der Waals surface area contributed by atoms with Gasteiger partial charge >= 0.3 is 59.1 Å². The van der Waals surface area contributed by atoms with Crippen LogP contribution in [0.15, 0.2) is 56.4 Å². The largest absolute Gasteiger partial charge is 1.00 e. The minimum atomic E-state index is -4.83. The van der Waals surface area contributed by atoms with Crippen molar-refractivity contribution < 1.29 is 90.2 Å². The van der Waals surface area contributed by atoms with Crippen molar-refractivity contribution in [3.63, 3.8) is 0 Å². The summed E-state index contributed by atoms with van der Waals surface area (Å²) in [5, 5.41) is 23.4. The molecule has 11 nitrogen and oxygen atoms in total.